The van der Waals surface area contributed by atoms with Gasteiger partial charge in [0, 0.05) is 10.7 Å². The molecule has 1 nitrogen and oxygen atoms in total. The summed E-state index contributed by atoms with van der Waals surface area (Å²) >= 11 is 5.74. The number of nitrogens with zero attached hydrogens (tertiary/aromatic N) is 1. The first-order valence-electron chi connectivity index (χ1n) is 2.99. The molecule has 0 fully saturated rings. The van der Waals surface area contributed by atoms with Crippen molar-refractivity contribution in [2.45, 2.75) is 6.92 Å². The maximum atomic E-state index is 5.74. The van der Waals surface area contributed by atoms with E-state index in [1.165, 1.54) is 0 Å². The fourth-order valence-electron chi connectivity index (χ4n) is 0.755. The Bertz CT molecular complexity index is 235. The van der Waals surface area contributed by atoms with Crippen LogP contribution in [0.3, 0.4) is 0 Å². The zero-order chi connectivity index (χ0) is 7.56. The van der Waals surface area contributed by atoms with Gasteiger partial charge in [-0.2, -0.15) is 0 Å². The number of hydrogen-bond donors (Lipinski definition) is 0. The first-order chi connectivity index (χ1) is 4.72. The van der Waals surface area contributed by atoms with Crippen molar-refractivity contribution < 1.29 is 0 Å². The second-order valence-corrected chi connectivity index (χ2v) is 2.49. The van der Waals surface area contributed by atoms with Crippen molar-refractivity contribution in [3.05, 3.63) is 35.1 Å². The van der Waals surface area contributed by atoms with Crippen LogP contribution in [-0.4, -0.2) is 4.98 Å². The average molecular weight is 154 g/mol. The molecule has 0 atom stereocenters. The van der Waals surface area contributed by atoms with Crippen molar-refractivity contribution in [1.29, 1.82) is 0 Å². The highest BCUT2D eigenvalue weighted by Crippen LogP contribution is 2.11. The van der Waals surface area contributed by atoms with Gasteiger partial charge in [-0.3, -0.25) is 4.98 Å². The van der Waals surface area contributed by atoms with Crippen molar-refractivity contribution in [1.82, 2.24) is 4.98 Å². The largest absolute Gasteiger partial charge is 0.254 e. The van der Waals surface area contributed by atoms with E-state index in [9.17, 15) is 0 Å². The molecule has 0 saturated heterocycles. The first-order valence-corrected chi connectivity index (χ1v) is 3.37. The van der Waals surface area contributed by atoms with E-state index in [0.717, 1.165) is 11.4 Å². The van der Waals surface area contributed by atoms with Crippen LogP contribution in [0, 0.1) is 6.92 Å². The number of aryl methyl sites for hydroxylation is 1. The van der Waals surface area contributed by atoms with Gasteiger partial charge in [0.05, 0.1) is 5.69 Å². The van der Waals surface area contributed by atoms with Crippen molar-refractivity contribution in [3.63, 3.8) is 0 Å². The summed E-state index contributed by atoms with van der Waals surface area (Å²) in [5, 5.41) is 0.711. The van der Waals surface area contributed by atoms with Gasteiger partial charge in [0.1, 0.15) is 0 Å². The molecule has 1 heterocycles. The molecule has 0 spiro atoms. The lowest BCUT2D eigenvalue weighted by atomic mass is 10.3. The molecule has 0 aliphatic rings. The zero-order valence-corrected chi connectivity index (χ0v) is 6.52. The van der Waals surface area contributed by atoms with Gasteiger partial charge >= 0.3 is 0 Å². The van der Waals surface area contributed by atoms with Gasteiger partial charge in [-0.05, 0) is 25.1 Å². The van der Waals surface area contributed by atoms with Crippen LogP contribution in [0.25, 0.3) is 6.08 Å². The van der Waals surface area contributed by atoms with Crippen molar-refractivity contribution >= 4 is 17.7 Å². The number of hydrogen-bond acceptors (Lipinski definition) is 1. The van der Waals surface area contributed by atoms with Crippen LogP contribution in [0.4, 0.5) is 0 Å². The van der Waals surface area contributed by atoms with E-state index in [-0.39, 0.29) is 0 Å². The summed E-state index contributed by atoms with van der Waals surface area (Å²) in [6, 6.07) is 3.59. The van der Waals surface area contributed by atoms with E-state index in [2.05, 4.69) is 11.6 Å². The molecule has 0 bridgehead atoms. The summed E-state index contributed by atoms with van der Waals surface area (Å²) in [5.41, 5.74) is 1.74. The molecule has 0 aliphatic carbocycles. The predicted octanol–water partition coefficient (Wildman–Crippen LogP) is 2.69. The van der Waals surface area contributed by atoms with Crippen molar-refractivity contribution in [2.75, 3.05) is 0 Å². The molecule has 1 rings (SSSR count). The molecule has 0 aliphatic heterocycles. The lowest BCUT2D eigenvalue weighted by molar-refractivity contribution is 1.18. The molecule has 52 valence electrons. The van der Waals surface area contributed by atoms with Crippen LogP contribution < -0.4 is 0 Å². The monoisotopic (exact) mass is 153 g/mol. The van der Waals surface area contributed by atoms with Crippen molar-refractivity contribution in [3.8, 4) is 0 Å². The Hall–Kier alpha value is -0.820. The van der Waals surface area contributed by atoms with Gasteiger partial charge in [-0.25, -0.2) is 0 Å². The molecule has 0 unspecified atom stereocenters. The van der Waals surface area contributed by atoms with Crippen molar-refractivity contribution in [2.24, 2.45) is 0 Å². The van der Waals surface area contributed by atoms with E-state index in [1.807, 2.05) is 13.0 Å². The standard InChI is InChI=1S/C8H8ClN/c1-3-8-5-7(9)4-6(2)10-8/h3-5H,1H2,2H3. The lowest BCUT2D eigenvalue weighted by Crippen LogP contribution is -1.83. The summed E-state index contributed by atoms with van der Waals surface area (Å²) in [5.74, 6) is 0. The van der Waals surface area contributed by atoms with E-state index in [0.29, 0.717) is 5.02 Å². The highest BCUT2D eigenvalue weighted by molar-refractivity contribution is 6.30. The fourth-order valence-corrected chi connectivity index (χ4v) is 1.02. The Morgan fingerprint density at radius 1 is 1.60 bits per heavy atom. The van der Waals surface area contributed by atoms with Gasteiger partial charge in [0.2, 0.25) is 0 Å². The van der Waals surface area contributed by atoms with Gasteiger partial charge in [-0.15, -0.1) is 0 Å². The molecule has 2 heteroatoms. The highest BCUT2D eigenvalue weighted by Gasteiger charge is 1.92. The molecule has 0 amide bonds. The summed E-state index contributed by atoms with van der Waals surface area (Å²) in [7, 11) is 0. The van der Waals surface area contributed by atoms with Gasteiger partial charge < -0.3 is 0 Å². The number of rotatable bonds is 1. The Kier molecular flexibility index (Phi) is 2.07. The SMILES string of the molecule is C=Cc1cc(Cl)cc(C)n1. The van der Waals surface area contributed by atoms with Crippen LogP contribution in [0.5, 0.6) is 0 Å². The molecule has 0 aromatic carbocycles. The smallest absolute Gasteiger partial charge is 0.0641 e. The normalized spacial score (nSPS) is 9.40. The summed E-state index contributed by atoms with van der Waals surface area (Å²) < 4.78 is 0. The molecule has 10 heavy (non-hydrogen) atoms. The minimum atomic E-state index is 0.711. The third kappa shape index (κ3) is 1.58. The predicted molar refractivity (Wildman–Crippen MR) is 44.1 cm³/mol. The van der Waals surface area contributed by atoms with Crippen LogP contribution in [-0.2, 0) is 0 Å². The van der Waals surface area contributed by atoms with Crippen LogP contribution in [0.1, 0.15) is 11.4 Å². The second-order valence-electron chi connectivity index (χ2n) is 2.06. The Morgan fingerprint density at radius 2 is 2.30 bits per heavy atom. The third-order valence-corrected chi connectivity index (χ3v) is 1.37. The minimum Gasteiger partial charge on any atom is -0.254 e. The Morgan fingerprint density at radius 3 is 2.80 bits per heavy atom. The van der Waals surface area contributed by atoms with Crippen LogP contribution in [0.2, 0.25) is 5.02 Å². The highest BCUT2D eigenvalue weighted by atomic mass is 35.5. The Balaban J connectivity index is 3.18. The number of aromatic nitrogens is 1. The molecular weight excluding hydrogens is 146 g/mol. The molecule has 1 aromatic heterocycles. The van der Waals surface area contributed by atoms with E-state index < -0.39 is 0 Å². The van der Waals surface area contributed by atoms with E-state index in [4.69, 9.17) is 11.6 Å². The quantitative estimate of drug-likeness (QED) is 0.605. The fraction of sp³-hybridized carbons (Fsp3) is 0.125. The van der Waals surface area contributed by atoms with Crippen LogP contribution >= 0.6 is 11.6 Å². The topological polar surface area (TPSA) is 12.9 Å². The van der Waals surface area contributed by atoms with Gasteiger partial charge in [-0.1, -0.05) is 18.2 Å². The second kappa shape index (κ2) is 2.84. The molecule has 1 aromatic rings. The first kappa shape index (κ1) is 7.29. The molecule has 0 N–H and O–H groups in total. The summed E-state index contributed by atoms with van der Waals surface area (Å²) in [6.07, 6.45) is 1.68. The minimum absolute atomic E-state index is 0.711. The lowest BCUT2D eigenvalue weighted by Gasteiger charge is -1.95. The maximum Gasteiger partial charge on any atom is 0.0641 e. The number of halogens is 1. The van der Waals surface area contributed by atoms with E-state index in [1.54, 1.807) is 12.1 Å². The summed E-state index contributed by atoms with van der Waals surface area (Å²) in [4.78, 5) is 4.15. The zero-order valence-electron chi connectivity index (χ0n) is 5.76. The van der Waals surface area contributed by atoms with Crippen LogP contribution in [0.15, 0.2) is 18.7 Å². The van der Waals surface area contributed by atoms with E-state index >= 15 is 0 Å². The van der Waals surface area contributed by atoms with Gasteiger partial charge in [0.25, 0.3) is 0 Å². The van der Waals surface area contributed by atoms with Gasteiger partial charge in [0.15, 0.2) is 0 Å². The molecular formula is C8H8ClN. The Labute approximate surface area is 65.4 Å². The third-order valence-electron chi connectivity index (χ3n) is 1.15. The maximum absolute atomic E-state index is 5.74. The molecule has 0 saturated carbocycles. The summed E-state index contributed by atoms with van der Waals surface area (Å²) in [6.45, 7) is 5.49. The number of pyridine rings is 1. The molecule has 0 radical (unpaired) electrons. The average Bonchev–Trinajstić information content (AvgIpc) is 1.85.